The largest absolute Gasteiger partial charge is 0.336 e. The highest BCUT2D eigenvalue weighted by Gasteiger charge is 2.59. The van der Waals surface area contributed by atoms with E-state index >= 15 is 0 Å². The van der Waals surface area contributed by atoms with Crippen LogP contribution in [0, 0.1) is 10.8 Å². The van der Waals surface area contributed by atoms with E-state index in [9.17, 15) is 0 Å². The second-order valence-corrected chi connectivity index (χ2v) is 7.54. The van der Waals surface area contributed by atoms with Crippen molar-refractivity contribution in [2.75, 3.05) is 0 Å². The molecule has 0 N–H and O–H groups in total. The summed E-state index contributed by atoms with van der Waals surface area (Å²) in [4.78, 5) is 3.51. The third-order valence-corrected chi connectivity index (χ3v) is 6.05. The van der Waals surface area contributed by atoms with E-state index in [1.54, 1.807) is 5.70 Å². The predicted octanol–water partition coefficient (Wildman–Crippen LogP) is 5.31. The first-order chi connectivity index (χ1) is 8.88. The Hall–Kier alpha value is -0.370. The molecule has 0 spiro atoms. The van der Waals surface area contributed by atoms with Crippen LogP contribution in [0.5, 0.6) is 0 Å². The summed E-state index contributed by atoms with van der Waals surface area (Å²) in [6, 6.07) is 0.520. The zero-order valence-electron chi connectivity index (χ0n) is 13.3. The van der Waals surface area contributed by atoms with E-state index in [2.05, 4.69) is 45.6 Å². The normalized spacial score (nSPS) is 33.0. The minimum atomic E-state index is 0.314. The van der Waals surface area contributed by atoms with Crippen molar-refractivity contribution in [2.45, 2.75) is 79.2 Å². The van der Waals surface area contributed by atoms with Gasteiger partial charge in [0.1, 0.15) is 0 Å². The van der Waals surface area contributed by atoms with Gasteiger partial charge in [0.05, 0.1) is 4.99 Å². The molecule has 2 unspecified atom stereocenters. The Morgan fingerprint density at radius 3 is 2.74 bits per heavy atom. The second kappa shape index (κ2) is 5.20. The van der Waals surface area contributed by atoms with Gasteiger partial charge in [0, 0.05) is 17.2 Å². The minimum absolute atomic E-state index is 0.314. The highest BCUT2D eigenvalue weighted by atomic mass is 32.1. The monoisotopic (exact) mass is 279 g/mol. The molecule has 2 atom stereocenters. The molecule has 2 heteroatoms. The van der Waals surface area contributed by atoms with Gasteiger partial charge in [0.15, 0.2) is 0 Å². The first kappa shape index (κ1) is 15.0. The molecular weight excluding hydrogens is 250 g/mol. The molecule has 2 aliphatic rings. The summed E-state index contributed by atoms with van der Waals surface area (Å²) < 4.78 is 0. The van der Waals surface area contributed by atoms with Crippen LogP contribution >= 0.6 is 12.2 Å². The first-order valence-corrected chi connectivity index (χ1v) is 8.29. The molecule has 0 aromatic carbocycles. The van der Waals surface area contributed by atoms with E-state index in [0.717, 1.165) is 4.99 Å². The molecule has 0 amide bonds. The fourth-order valence-electron chi connectivity index (χ4n) is 4.37. The zero-order chi connectivity index (χ0) is 14.3. The van der Waals surface area contributed by atoms with Gasteiger partial charge in [-0.3, -0.25) is 0 Å². The molecule has 1 aliphatic heterocycles. The third kappa shape index (κ3) is 2.07. The van der Waals surface area contributed by atoms with Gasteiger partial charge in [-0.25, -0.2) is 0 Å². The summed E-state index contributed by atoms with van der Waals surface area (Å²) >= 11 is 5.55. The summed E-state index contributed by atoms with van der Waals surface area (Å²) in [5.41, 5.74) is 2.23. The number of unbranched alkanes of at least 4 members (excludes halogenated alkanes) is 1. The number of rotatable bonds is 3. The van der Waals surface area contributed by atoms with Crippen molar-refractivity contribution in [1.29, 1.82) is 0 Å². The van der Waals surface area contributed by atoms with Gasteiger partial charge in [0.25, 0.3) is 0 Å². The molecule has 2 rings (SSSR count). The molecule has 1 nitrogen and oxygen atoms in total. The molecule has 1 aliphatic carbocycles. The molecule has 19 heavy (non-hydrogen) atoms. The molecule has 0 aromatic heterocycles. The van der Waals surface area contributed by atoms with Crippen molar-refractivity contribution in [1.82, 2.24) is 4.90 Å². The number of nitrogens with zero attached hydrogens (tertiary/aromatic N) is 1. The van der Waals surface area contributed by atoms with Crippen LogP contribution in [-0.4, -0.2) is 15.9 Å². The average molecular weight is 279 g/mol. The average Bonchev–Trinajstić information content (AvgIpc) is 2.53. The van der Waals surface area contributed by atoms with E-state index in [4.69, 9.17) is 12.2 Å². The van der Waals surface area contributed by atoms with Crippen LogP contribution in [0.15, 0.2) is 11.8 Å². The summed E-state index contributed by atoms with van der Waals surface area (Å²) in [6.07, 6.45) is 10.3. The standard InChI is InChI=1S/C17H29NS/c1-6-7-11-17-12-9-8-10-15(17)18(14(3)19)13(2)16(17,4)5/h10,13H,6-9,11-12H2,1-5H3. The zero-order valence-corrected chi connectivity index (χ0v) is 14.1. The molecule has 0 aromatic rings. The van der Waals surface area contributed by atoms with E-state index in [1.165, 1.54) is 38.5 Å². The van der Waals surface area contributed by atoms with E-state index in [-0.39, 0.29) is 0 Å². The van der Waals surface area contributed by atoms with Crippen LogP contribution < -0.4 is 0 Å². The van der Waals surface area contributed by atoms with Gasteiger partial charge in [-0.1, -0.05) is 51.9 Å². The van der Waals surface area contributed by atoms with Crippen molar-refractivity contribution >= 4 is 17.2 Å². The van der Waals surface area contributed by atoms with Crippen molar-refractivity contribution < 1.29 is 0 Å². The fourth-order valence-corrected chi connectivity index (χ4v) is 4.63. The Bertz CT molecular complexity index is 396. The van der Waals surface area contributed by atoms with Gasteiger partial charge in [-0.05, 0) is 44.9 Å². The third-order valence-electron chi connectivity index (χ3n) is 5.86. The van der Waals surface area contributed by atoms with Gasteiger partial charge in [0.2, 0.25) is 0 Å². The maximum Gasteiger partial charge on any atom is 0.0792 e. The van der Waals surface area contributed by atoms with Gasteiger partial charge < -0.3 is 4.90 Å². The van der Waals surface area contributed by atoms with Crippen molar-refractivity contribution in [3.8, 4) is 0 Å². The Morgan fingerprint density at radius 1 is 1.47 bits per heavy atom. The molecule has 1 fully saturated rings. The van der Waals surface area contributed by atoms with E-state index in [1.807, 2.05) is 0 Å². The number of likely N-dealkylation sites (tertiary alicyclic amines) is 1. The maximum atomic E-state index is 5.55. The summed E-state index contributed by atoms with van der Waals surface area (Å²) in [5.74, 6) is 0. The SMILES string of the molecule is CCCCC12CCCC=C1N(C(C)=S)C(C)C2(C)C. The van der Waals surface area contributed by atoms with Gasteiger partial charge >= 0.3 is 0 Å². The molecular formula is C17H29NS. The van der Waals surface area contributed by atoms with Crippen LogP contribution in [0.2, 0.25) is 0 Å². The Labute approximate surface area is 124 Å². The maximum absolute atomic E-state index is 5.55. The predicted molar refractivity (Wildman–Crippen MR) is 87.2 cm³/mol. The fraction of sp³-hybridized carbons (Fsp3) is 0.824. The second-order valence-electron chi connectivity index (χ2n) is 6.95. The summed E-state index contributed by atoms with van der Waals surface area (Å²) in [5, 5.41) is 0. The number of fused-ring (bicyclic) bond motifs is 1. The van der Waals surface area contributed by atoms with Gasteiger partial charge in [-0.2, -0.15) is 0 Å². The lowest BCUT2D eigenvalue weighted by atomic mass is 9.58. The van der Waals surface area contributed by atoms with Crippen molar-refractivity contribution in [2.24, 2.45) is 10.8 Å². The Balaban J connectivity index is 2.49. The topological polar surface area (TPSA) is 3.24 Å². The highest BCUT2D eigenvalue weighted by Crippen LogP contribution is 2.62. The molecule has 1 heterocycles. The minimum Gasteiger partial charge on any atom is -0.336 e. The van der Waals surface area contributed by atoms with Crippen LogP contribution in [0.3, 0.4) is 0 Å². The Morgan fingerprint density at radius 2 is 2.16 bits per heavy atom. The molecule has 0 radical (unpaired) electrons. The molecule has 1 saturated heterocycles. The van der Waals surface area contributed by atoms with E-state index < -0.39 is 0 Å². The first-order valence-electron chi connectivity index (χ1n) is 7.89. The van der Waals surface area contributed by atoms with Crippen molar-refractivity contribution in [3.63, 3.8) is 0 Å². The van der Waals surface area contributed by atoms with Crippen LogP contribution in [0.1, 0.15) is 73.1 Å². The number of hydrogen-bond acceptors (Lipinski definition) is 1. The number of hydrogen-bond donors (Lipinski definition) is 0. The molecule has 0 saturated carbocycles. The smallest absolute Gasteiger partial charge is 0.0792 e. The summed E-state index contributed by atoms with van der Waals surface area (Å²) in [7, 11) is 0. The molecule has 0 bridgehead atoms. The lowest BCUT2D eigenvalue weighted by Crippen LogP contribution is -2.40. The van der Waals surface area contributed by atoms with Gasteiger partial charge in [-0.15, -0.1) is 0 Å². The lowest BCUT2D eigenvalue weighted by molar-refractivity contribution is 0.0927. The summed E-state index contributed by atoms with van der Waals surface area (Å²) in [6.45, 7) is 11.7. The Kier molecular flexibility index (Phi) is 4.11. The van der Waals surface area contributed by atoms with E-state index in [0.29, 0.717) is 16.9 Å². The highest BCUT2D eigenvalue weighted by molar-refractivity contribution is 7.80. The van der Waals surface area contributed by atoms with Crippen LogP contribution in [0.25, 0.3) is 0 Å². The van der Waals surface area contributed by atoms with Crippen molar-refractivity contribution in [3.05, 3.63) is 11.8 Å². The lowest BCUT2D eigenvalue weighted by Gasteiger charge is -2.44. The molecule has 108 valence electrons. The number of allylic oxidation sites excluding steroid dienone is 2. The quantitative estimate of drug-likeness (QED) is 0.644. The van der Waals surface area contributed by atoms with Crippen LogP contribution in [-0.2, 0) is 0 Å². The number of thiocarbonyl (C=S) groups is 1. The van der Waals surface area contributed by atoms with Crippen LogP contribution in [0.4, 0.5) is 0 Å².